The predicted molar refractivity (Wildman–Crippen MR) is 87.5 cm³/mol. The van der Waals surface area contributed by atoms with Crippen molar-refractivity contribution in [2.75, 3.05) is 0 Å². The number of ether oxygens (including phenoxy) is 1. The Morgan fingerprint density at radius 1 is 1.38 bits per heavy atom. The van der Waals surface area contributed by atoms with Gasteiger partial charge in [0.25, 0.3) is 5.91 Å². The molecule has 5 nitrogen and oxygen atoms in total. The maximum absolute atomic E-state index is 12.8. The van der Waals surface area contributed by atoms with Crippen LogP contribution in [-0.4, -0.2) is 18.2 Å². The summed E-state index contributed by atoms with van der Waals surface area (Å²) in [5, 5.41) is 3.87. The molecule has 1 fully saturated rings. The minimum Gasteiger partial charge on any atom is -0.481 e. The zero-order chi connectivity index (χ0) is 17.1. The molecule has 0 bridgehead atoms. The van der Waals surface area contributed by atoms with E-state index in [1.807, 2.05) is 12.1 Å². The van der Waals surface area contributed by atoms with Gasteiger partial charge in [-0.2, -0.15) is 5.10 Å². The van der Waals surface area contributed by atoms with Crippen LogP contribution in [0.15, 0.2) is 45.9 Å². The van der Waals surface area contributed by atoms with Crippen molar-refractivity contribution in [2.24, 2.45) is 11.0 Å². The topological polar surface area (TPSA) is 63.8 Å². The highest BCUT2D eigenvalue weighted by Gasteiger charge is 2.36. The van der Waals surface area contributed by atoms with Crippen LogP contribution in [0.2, 0.25) is 0 Å². The number of nitrogens with one attached hydrogen (secondary N) is 1. The highest BCUT2D eigenvalue weighted by Crippen LogP contribution is 2.47. The molecule has 0 spiro atoms. The van der Waals surface area contributed by atoms with Crippen molar-refractivity contribution in [2.45, 2.75) is 32.3 Å². The van der Waals surface area contributed by atoms with Gasteiger partial charge >= 0.3 is 0 Å². The minimum atomic E-state index is -0.757. The predicted octanol–water partition coefficient (Wildman–Crippen LogP) is 3.46. The van der Waals surface area contributed by atoms with Crippen molar-refractivity contribution >= 4 is 12.1 Å². The number of furan rings is 1. The monoisotopic (exact) mass is 330 g/mol. The van der Waals surface area contributed by atoms with Crippen molar-refractivity contribution in [3.05, 3.63) is 53.7 Å². The van der Waals surface area contributed by atoms with Gasteiger partial charge in [-0.1, -0.05) is 6.92 Å². The van der Waals surface area contributed by atoms with Crippen LogP contribution in [0.1, 0.15) is 37.7 Å². The molecule has 24 heavy (non-hydrogen) atoms. The third-order valence-electron chi connectivity index (χ3n) is 3.98. The summed E-state index contributed by atoms with van der Waals surface area (Å²) in [6, 6.07) is 9.24. The zero-order valence-corrected chi connectivity index (χ0v) is 13.5. The third-order valence-corrected chi connectivity index (χ3v) is 3.98. The molecule has 126 valence electrons. The minimum absolute atomic E-state index is 0.359. The average molecular weight is 330 g/mol. The van der Waals surface area contributed by atoms with Crippen LogP contribution in [0.4, 0.5) is 4.39 Å². The molecule has 1 heterocycles. The van der Waals surface area contributed by atoms with E-state index in [2.05, 4.69) is 17.5 Å². The SMILES string of the molecule is C[C@@H]1C[C@H]1c1ccc(/C=N\NC(=O)[C@@H](C)Oc2ccc(F)cc2)o1. The summed E-state index contributed by atoms with van der Waals surface area (Å²) in [6.07, 6.45) is 1.85. The molecule has 1 aromatic carbocycles. The molecular formula is C18H19FN2O3. The lowest BCUT2D eigenvalue weighted by atomic mass is 10.3. The van der Waals surface area contributed by atoms with Crippen LogP contribution in [0.3, 0.4) is 0 Å². The number of carbonyl (C=O) groups is 1. The van der Waals surface area contributed by atoms with Gasteiger partial charge in [0.2, 0.25) is 0 Å². The lowest BCUT2D eigenvalue weighted by Gasteiger charge is -2.12. The Bertz CT molecular complexity index is 739. The number of hydrogen-bond donors (Lipinski definition) is 1. The van der Waals surface area contributed by atoms with Gasteiger partial charge in [0.1, 0.15) is 23.1 Å². The number of hydrazone groups is 1. The normalized spacial score (nSPS) is 20.8. The van der Waals surface area contributed by atoms with E-state index in [4.69, 9.17) is 9.15 Å². The van der Waals surface area contributed by atoms with Gasteiger partial charge in [0.15, 0.2) is 6.10 Å². The summed E-state index contributed by atoms with van der Waals surface area (Å²) in [4.78, 5) is 11.9. The highest BCUT2D eigenvalue weighted by atomic mass is 19.1. The van der Waals surface area contributed by atoms with E-state index < -0.39 is 12.0 Å². The molecule has 1 amide bonds. The summed E-state index contributed by atoms with van der Waals surface area (Å²) in [7, 11) is 0. The van der Waals surface area contributed by atoms with Crippen LogP contribution in [-0.2, 0) is 4.79 Å². The largest absolute Gasteiger partial charge is 0.481 e. The second-order valence-corrected chi connectivity index (χ2v) is 6.01. The molecule has 0 radical (unpaired) electrons. The fourth-order valence-corrected chi connectivity index (χ4v) is 2.38. The van der Waals surface area contributed by atoms with E-state index in [0.29, 0.717) is 23.3 Å². The Morgan fingerprint density at radius 3 is 2.75 bits per heavy atom. The maximum Gasteiger partial charge on any atom is 0.280 e. The number of carbonyl (C=O) groups excluding carboxylic acids is 1. The molecule has 6 heteroatoms. The summed E-state index contributed by atoms with van der Waals surface area (Å²) < 4.78 is 23.9. The summed E-state index contributed by atoms with van der Waals surface area (Å²) >= 11 is 0. The van der Waals surface area contributed by atoms with E-state index in [1.54, 1.807) is 6.92 Å². The van der Waals surface area contributed by atoms with Crippen molar-refractivity contribution in [3.8, 4) is 5.75 Å². The first-order chi connectivity index (χ1) is 11.5. The second-order valence-electron chi connectivity index (χ2n) is 6.01. The highest BCUT2D eigenvalue weighted by molar-refractivity contribution is 5.83. The smallest absolute Gasteiger partial charge is 0.280 e. The molecule has 0 saturated heterocycles. The standard InChI is InChI=1S/C18H19FN2O3/c1-11-9-16(11)17-8-7-15(24-17)10-20-21-18(22)12(2)23-14-5-3-13(19)4-6-14/h3-8,10-12,16H,9H2,1-2H3,(H,21,22)/b20-10-/t11-,12-,16-/m1/s1. The third kappa shape index (κ3) is 4.01. The molecule has 3 rings (SSSR count). The van der Waals surface area contributed by atoms with E-state index >= 15 is 0 Å². The van der Waals surface area contributed by atoms with Crippen molar-refractivity contribution < 1.29 is 18.3 Å². The molecule has 0 aliphatic heterocycles. The Labute approximate surface area is 139 Å². The lowest BCUT2D eigenvalue weighted by Crippen LogP contribution is -2.33. The molecule has 0 unspecified atom stereocenters. The lowest BCUT2D eigenvalue weighted by molar-refractivity contribution is -0.127. The van der Waals surface area contributed by atoms with Crippen molar-refractivity contribution in [1.29, 1.82) is 0 Å². The average Bonchev–Trinajstić information content (AvgIpc) is 3.10. The Morgan fingerprint density at radius 2 is 2.08 bits per heavy atom. The van der Waals surface area contributed by atoms with Crippen LogP contribution in [0, 0.1) is 11.7 Å². The van der Waals surface area contributed by atoms with Gasteiger partial charge in [0, 0.05) is 5.92 Å². The number of halogens is 1. The van der Waals surface area contributed by atoms with Crippen LogP contribution in [0.5, 0.6) is 5.75 Å². The molecule has 2 aromatic rings. The quantitative estimate of drug-likeness (QED) is 0.652. The fourth-order valence-electron chi connectivity index (χ4n) is 2.38. The number of nitrogens with zero attached hydrogens (tertiary/aromatic N) is 1. The van der Waals surface area contributed by atoms with Crippen LogP contribution < -0.4 is 10.2 Å². The van der Waals surface area contributed by atoms with Gasteiger partial charge in [-0.3, -0.25) is 4.79 Å². The van der Waals surface area contributed by atoms with E-state index in [1.165, 1.54) is 30.5 Å². The van der Waals surface area contributed by atoms with Gasteiger partial charge in [-0.05, 0) is 55.7 Å². The van der Waals surface area contributed by atoms with E-state index in [0.717, 1.165) is 12.2 Å². The van der Waals surface area contributed by atoms with Crippen molar-refractivity contribution in [1.82, 2.24) is 5.43 Å². The molecule has 1 aliphatic rings. The van der Waals surface area contributed by atoms with Gasteiger partial charge in [0.05, 0.1) is 6.21 Å². The van der Waals surface area contributed by atoms with Gasteiger partial charge in [-0.15, -0.1) is 0 Å². The summed E-state index contributed by atoms with van der Waals surface area (Å²) in [6.45, 7) is 3.78. The Hall–Kier alpha value is -2.63. The maximum atomic E-state index is 12.8. The van der Waals surface area contributed by atoms with Gasteiger partial charge < -0.3 is 9.15 Å². The number of hydrogen-bond acceptors (Lipinski definition) is 4. The molecule has 1 saturated carbocycles. The van der Waals surface area contributed by atoms with E-state index in [-0.39, 0.29) is 5.82 Å². The van der Waals surface area contributed by atoms with E-state index in [9.17, 15) is 9.18 Å². The second kappa shape index (κ2) is 6.86. The first-order valence-corrected chi connectivity index (χ1v) is 7.88. The molecule has 3 atom stereocenters. The van der Waals surface area contributed by atoms with Gasteiger partial charge in [-0.25, -0.2) is 9.82 Å². The molecule has 1 aromatic heterocycles. The molecule has 1 N–H and O–H groups in total. The van der Waals surface area contributed by atoms with Crippen LogP contribution >= 0.6 is 0 Å². The summed E-state index contributed by atoms with van der Waals surface area (Å²) in [5.41, 5.74) is 2.40. The number of benzene rings is 1. The summed E-state index contributed by atoms with van der Waals surface area (Å²) in [5.74, 6) is 2.38. The number of rotatable bonds is 6. The first-order valence-electron chi connectivity index (χ1n) is 7.88. The Balaban J connectivity index is 1.49. The number of amides is 1. The zero-order valence-electron chi connectivity index (χ0n) is 13.5. The first kappa shape index (κ1) is 16.2. The van der Waals surface area contributed by atoms with Crippen LogP contribution in [0.25, 0.3) is 0 Å². The molecular weight excluding hydrogens is 311 g/mol. The molecule has 1 aliphatic carbocycles. The fraction of sp³-hybridized carbons (Fsp3) is 0.333. The Kier molecular flexibility index (Phi) is 4.64. The van der Waals surface area contributed by atoms with Crippen molar-refractivity contribution in [3.63, 3.8) is 0 Å².